The van der Waals surface area contributed by atoms with E-state index in [0.717, 1.165) is 12.8 Å². The van der Waals surface area contributed by atoms with Crippen LogP contribution >= 0.6 is 0 Å². The first-order valence-corrected chi connectivity index (χ1v) is 5.77. The Morgan fingerprint density at radius 1 is 1.33 bits per heavy atom. The normalized spacial score (nSPS) is 12.9. The molecule has 0 heterocycles. The van der Waals surface area contributed by atoms with E-state index in [0.29, 0.717) is 13.0 Å². The van der Waals surface area contributed by atoms with E-state index in [-0.39, 0.29) is 24.6 Å². The summed E-state index contributed by atoms with van der Waals surface area (Å²) in [5.41, 5.74) is 0. The fourth-order valence-electron chi connectivity index (χ4n) is 1.33. The highest BCUT2D eigenvalue weighted by Crippen LogP contribution is 1.95. The average molecular weight is 216 g/mol. The number of carbonyl (C=O) groups excluding carboxylic acids is 1. The topological polar surface area (TPSA) is 61.4 Å². The van der Waals surface area contributed by atoms with Crippen LogP contribution in [-0.4, -0.2) is 36.2 Å². The second kappa shape index (κ2) is 8.68. The SMILES string of the molecule is CCC(CC)NC(=O)CNC(C)CCO. The highest BCUT2D eigenvalue weighted by molar-refractivity contribution is 5.78. The Labute approximate surface area is 92.4 Å². The van der Waals surface area contributed by atoms with Crippen LogP contribution in [0.5, 0.6) is 0 Å². The van der Waals surface area contributed by atoms with E-state index < -0.39 is 0 Å². The first kappa shape index (κ1) is 14.4. The van der Waals surface area contributed by atoms with Crippen molar-refractivity contribution < 1.29 is 9.90 Å². The number of amides is 1. The van der Waals surface area contributed by atoms with Gasteiger partial charge in [-0.2, -0.15) is 0 Å². The zero-order valence-corrected chi connectivity index (χ0v) is 10.0. The molecule has 15 heavy (non-hydrogen) atoms. The summed E-state index contributed by atoms with van der Waals surface area (Å²) < 4.78 is 0. The Morgan fingerprint density at radius 2 is 1.93 bits per heavy atom. The predicted octanol–water partition coefficient (Wildman–Crippen LogP) is 0.652. The van der Waals surface area contributed by atoms with E-state index in [1.165, 1.54) is 0 Å². The van der Waals surface area contributed by atoms with Crippen LogP contribution in [0, 0.1) is 0 Å². The van der Waals surface area contributed by atoms with Crippen LogP contribution in [-0.2, 0) is 4.79 Å². The number of hydrogen-bond acceptors (Lipinski definition) is 3. The van der Waals surface area contributed by atoms with Gasteiger partial charge in [0, 0.05) is 18.7 Å². The van der Waals surface area contributed by atoms with Crippen LogP contribution in [0.3, 0.4) is 0 Å². The van der Waals surface area contributed by atoms with Crippen LogP contribution in [0.1, 0.15) is 40.0 Å². The zero-order valence-electron chi connectivity index (χ0n) is 10.0. The highest BCUT2D eigenvalue weighted by Gasteiger charge is 2.08. The molecule has 0 aliphatic carbocycles. The Kier molecular flexibility index (Phi) is 8.33. The van der Waals surface area contributed by atoms with Gasteiger partial charge in [-0.25, -0.2) is 0 Å². The largest absolute Gasteiger partial charge is 0.396 e. The molecule has 0 bridgehead atoms. The third-order valence-electron chi connectivity index (χ3n) is 2.52. The Morgan fingerprint density at radius 3 is 2.40 bits per heavy atom. The van der Waals surface area contributed by atoms with Gasteiger partial charge in [0.05, 0.1) is 6.54 Å². The Bertz CT molecular complexity index is 170. The van der Waals surface area contributed by atoms with Crippen molar-refractivity contribution >= 4 is 5.91 Å². The lowest BCUT2D eigenvalue weighted by molar-refractivity contribution is -0.121. The average Bonchev–Trinajstić information content (AvgIpc) is 2.23. The van der Waals surface area contributed by atoms with Gasteiger partial charge in [0.25, 0.3) is 0 Å². The van der Waals surface area contributed by atoms with Gasteiger partial charge >= 0.3 is 0 Å². The standard InChI is InChI=1S/C11H24N2O2/c1-4-10(5-2)13-11(15)8-12-9(3)6-7-14/h9-10,12,14H,4-8H2,1-3H3,(H,13,15). The molecule has 0 aromatic heterocycles. The molecule has 0 aliphatic rings. The molecule has 4 heteroatoms. The molecular formula is C11H24N2O2. The molecule has 0 radical (unpaired) electrons. The second-order valence-electron chi connectivity index (χ2n) is 3.88. The smallest absolute Gasteiger partial charge is 0.234 e. The summed E-state index contributed by atoms with van der Waals surface area (Å²) in [6.07, 6.45) is 2.61. The van der Waals surface area contributed by atoms with Crippen molar-refractivity contribution in [2.24, 2.45) is 0 Å². The maximum atomic E-state index is 11.4. The number of carbonyl (C=O) groups is 1. The van der Waals surface area contributed by atoms with Gasteiger partial charge in [-0.3, -0.25) is 4.79 Å². The number of rotatable bonds is 8. The minimum atomic E-state index is 0.0356. The predicted molar refractivity (Wildman–Crippen MR) is 61.7 cm³/mol. The zero-order chi connectivity index (χ0) is 11.7. The molecule has 0 rings (SSSR count). The first-order chi connectivity index (χ1) is 7.13. The fraction of sp³-hybridized carbons (Fsp3) is 0.909. The van der Waals surface area contributed by atoms with Crippen molar-refractivity contribution in [1.82, 2.24) is 10.6 Å². The van der Waals surface area contributed by atoms with Crippen LogP contribution in [0.15, 0.2) is 0 Å². The third-order valence-corrected chi connectivity index (χ3v) is 2.52. The molecule has 0 saturated heterocycles. The molecule has 1 unspecified atom stereocenters. The van der Waals surface area contributed by atoms with Crippen LogP contribution in [0.25, 0.3) is 0 Å². The van der Waals surface area contributed by atoms with E-state index in [9.17, 15) is 4.79 Å². The molecule has 0 aliphatic heterocycles. The van der Waals surface area contributed by atoms with Crippen LogP contribution in [0.2, 0.25) is 0 Å². The lowest BCUT2D eigenvalue weighted by atomic mass is 10.2. The maximum absolute atomic E-state index is 11.4. The van der Waals surface area contributed by atoms with Crippen molar-refractivity contribution in [3.63, 3.8) is 0 Å². The lowest BCUT2D eigenvalue weighted by Gasteiger charge is -2.16. The van der Waals surface area contributed by atoms with Crippen LogP contribution < -0.4 is 10.6 Å². The minimum absolute atomic E-state index is 0.0356. The van der Waals surface area contributed by atoms with Gasteiger partial charge in [0.1, 0.15) is 0 Å². The second-order valence-corrected chi connectivity index (χ2v) is 3.88. The first-order valence-electron chi connectivity index (χ1n) is 5.77. The van der Waals surface area contributed by atoms with E-state index >= 15 is 0 Å². The monoisotopic (exact) mass is 216 g/mol. The number of hydrogen-bond donors (Lipinski definition) is 3. The number of aliphatic hydroxyl groups is 1. The highest BCUT2D eigenvalue weighted by atomic mass is 16.3. The molecule has 90 valence electrons. The van der Waals surface area contributed by atoms with Gasteiger partial charge in [-0.1, -0.05) is 13.8 Å². The summed E-state index contributed by atoms with van der Waals surface area (Å²) >= 11 is 0. The maximum Gasteiger partial charge on any atom is 0.234 e. The quantitative estimate of drug-likeness (QED) is 0.558. The molecule has 4 nitrogen and oxygen atoms in total. The van der Waals surface area contributed by atoms with Crippen molar-refractivity contribution in [1.29, 1.82) is 0 Å². The Balaban J connectivity index is 3.64. The summed E-state index contributed by atoms with van der Waals surface area (Å²) in [6.45, 7) is 6.58. The van der Waals surface area contributed by atoms with Gasteiger partial charge < -0.3 is 15.7 Å². The summed E-state index contributed by atoms with van der Waals surface area (Å²) in [5.74, 6) is 0.0356. The van der Waals surface area contributed by atoms with Gasteiger partial charge in [-0.05, 0) is 26.2 Å². The van der Waals surface area contributed by atoms with E-state index in [4.69, 9.17) is 5.11 Å². The molecule has 3 N–H and O–H groups in total. The summed E-state index contributed by atoms with van der Waals surface area (Å²) in [7, 11) is 0. The third kappa shape index (κ3) is 7.33. The molecular weight excluding hydrogens is 192 g/mol. The molecule has 0 fully saturated rings. The summed E-state index contributed by atoms with van der Waals surface area (Å²) in [4.78, 5) is 11.4. The van der Waals surface area contributed by atoms with Gasteiger partial charge in [0.2, 0.25) is 5.91 Å². The molecule has 0 saturated carbocycles. The Hall–Kier alpha value is -0.610. The summed E-state index contributed by atoms with van der Waals surface area (Å²) in [5, 5.41) is 14.7. The van der Waals surface area contributed by atoms with Crippen molar-refractivity contribution in [2.75, 3.05) is 13.2 Å². The van der Waals surface area contributed by atoms with Gasteiger partial charge in [0.15, 0.2) is 0 Å². The van der Waals surface area contributed by atoms with Crippen molar-refractivity contribution in [3.8, 4) is 0 Å². The van der Waals surface area contributed by atoms with E-state index in [1.807, 2.05) is 6.92 Å². The van der Waals surface area contributed by atoms with E-state index in [1.54, 1.807) is 0 Å². The number of nitrogens with one attached hydrogen (secondary N) is 2. The minimum Gasteiger partial charge on any atom is -0.396 e. The van der Waals surface area contributed by atoms with E-state index in [2.05, 4.69) is 24.5 Å². The van der Waals surface area contributed by atoms with Crippen molar-refractivity contribution in [2.45, 2.75) is 52.1 Å². The van der Waals surface area contributed by atoms with Crippen LogP contribution in [0.4, 0.5) is 0 Å². The molecule has 0 aromatic carbocycles. The molecule has 1 atom stereocenters. The molecule has 0 spiro atoms. The fourth-order valence-corrected chi connectivity index (χ4v) is 1.33. The molecule has 0 aromatic rings. The number of aliphatic hydroxyl groups excluding tert-OH is 1. The van der Waals surface area contributed by atoms with Gasteiger partial charge in [-0.15, -0.1) is 0 Å². The van der Waals surface area contributed by atoms with Crippen molar-refractivity contribution in [3.05, 3.63) is 0 Å². The lowest BCUT2D eigenvalue weighted by Crippen LogP contribution is -2.42. The summed E-state index contributed by atoms with van der Waals surface area (Å²) in [6, 6.07) is 0.468. The molecule has 1 amide bonds.